The van der Waals surface area contributed by atoms with Crippen LogP contribution in [0.5, 0.6) is 0 Å². The maximum atomic E-state index is 3.56. The van der Waals surface area contributed by atoms with Crippen molar-refractivity contribution in [3.63, 3.8) is 0 Å². The zero-order chi connectivity index (χ0) is 10.6. The molecule has 0 aromatic rings. The normalized spacial score (nSPS) is 19.3. The monoisotopic (exact) mass is 198 g/mol. The van der Waals surface area contributed by atoms with Crippen LogP contribution in [-0.4, -0.2) is 36.1 Å². The summed E-state index contributed by atoms with van der Waals surface area (Å²) in [6, 6.07) is 2.28. The van der Waals surface area contributed by atoms with E-state index in [0.717, 1.165) is 12.6 Å². The summed E-state index contributed by atoms with van der Waals surface area (Å²) in [5, 5.41) is 3.56. The third kappa shape index (κ3) is 3.97. The quantitative estimate of drug-likeness (QED) is 0.675. The standard InChI is InChI=1S/C12H26N2/c1-5-11(4)13-8-9-14(10(2)3)12-6-7-12/h10-13H,5-9H2,1-4H3. The van der Waals surface area contributed by atoms with E-state index in [1.807, 2.05) is 0 Å². The van der Waals surface area contributed by atoms with Gasteiger partial charge >= 0.3 is 0 Å². The highest BCUT2D eigenvalue weighted by Gasteiger charge is 2.29. The molecule has 1 unspecified atom stereocenters. The van der Waals surface area contributed by atoms with Gasteiger partial charge in [-0.25, -0.2) is 0 Å². The van der Waals surface area contributed by atoms with Gasteiger partial charge in [-0.3, -0.25) is 4.90 Å². The van der Waals surface area contributed by atoms with Crippen molar-refractivity contribution in [2.24, 2.45) is 0 Å². The van der Waals surface area contributed by atoms with Gasteiger partial charge in [0.25, 0.3) is 0 Å². The second-order valence-corrected chi connectivity index (χ2v) is 4.83. The predicted molar refractivity (Wildman–Crippen MR) is 62.6 cm³/mol. The molecule has 2 heteroatoms. The average Bonchev–Trinajstić information content (AvgIpc) is 2.94. The summed E-state index contributed by atoms with van der Waals surface area (Å²) in [6.45, 7) is 11.5. The molecular weight excluding hydrogens is 172 g/mol. The highest BCUT2D eigenvalue weighted by molar-refractivity contribution is 4.86. The van der Waals surface area contributed by atoms with Crippen molar-refractivity contribution in [2.75, 3.05) is 13.1 Å². The van der Waals surface area contributed by atoms with Gasteiger partial charge in [0.1, 0.15) is 0 Å². The Morgan fingerprint density at radius 3 is 2.36 bits per heavy atom. The van der Waals surface area contributed by atoms with E-state index in [0.29, 0.717) is 12.1 Å². The van der Waals surface area contributed by atoms with Gasteiger partial charge in [-0.15, -0.1) is 0 Å². The van der Waals surface area contributed by atoms with Crippen molar-refractivity contribution >= 4 is 0 Å². The molecule has 2 nitrogen and oxygen atoms in total. The molecule has 1 N–H and O–H groups in total. The fraction of sp³-hybridized carbons (Fsp3) is 1.00. The molecule has 0 bridgehead atoms. The molecule has 1 aliphatic carbocycles. The summed E-state index contributed by atoms with van der Waals surface area (Å²) in [5.41, 5.74) is 0. The zero-order valence-corrected chi connectivity index (χ0v) is 10.2. The number of hydrogen-bond donors (Lipinski definition) is 1. The summed E-state index contributed by atoms with van der Waals surface area (Å²) >= 11 is 0. The third-order valence-corrected chi connectivity index (χ3v) is 3.15. The van der Waals surface area contributed by atoms with Gasteiger partial charge in [0.05, 0.1) is 0 Å². The molecule has 0 saturated heterocycles. The Balaban J connectivity index is 2.13. The van der Waals surface area contributed by atoms with E-state index in [9.17, 15) is 0 Å². The summed E-state index contributed by atoms with van der Waals surface area (Å²) in [6.07, 6.45) is 4.06. The van der Waals surface area contributed by atoms with E-state index in [1.165, 1.54) is 25.8 Å². The molecule has 84 valence electrons. The van der Waals surface area contributed by atoms with Gasteiger partial charge in [0, 0.05) is 31.2 Å². The Morgan fingerprint density at radius 2 is 1.93 bits per heavy atom. The lowest BCUT2D eigenvalue weighted by Crippen LogP contribution is -2.40. The van der Waals surface area contributed by atoms with Crippen LogP contribution in [0, 0.1) is 0 Å². The molecule has 1 saturated carbocycles. The van der Waals surface area contributed by atoms with E-state index >= 15 is 0 Å². The lowest BCUT2D eigenvalue weighted by molar-refractivity contribution is 0.209. The molecule has 0 radical (unpaired) electrons. The molecule has 0 aromatic heterocycles. The van der Waals surface area contributed by atoms with E-state index in [2.05, 4.69) is 37.9 Å². The van der Waals surface area contributed by atoms with E-state index in [-0.39, 0.29) is 0 Å². The van der Waals surface area contributed by atoms with Crippen molar-refractivity contribution in [1.29, 1.82) is 0 Å². The van der Waals surface area contributed by atoms with E-state index < -0.39 is 0 Å². The Labute approximate surface area is 89.1 Å². The Bertz CT molecular complexity index is 150. The second kappa shape index (κ2) is 5.72. The molecule has 0 aliphatic heterocycles. The third-order valence-electron chi connectivity index (χ3n) is 3.15. The SMILES string of the molecule is CCC(C)NCCN(C(C)C)C1CC1. The van der Waals surface area contributed by atoms with Gasteiger partial charge < -0.3 is 5.32 Å². The highest BCUT2D eigenvalue weighted by atomic mass is 15.2. The fourth-order valence-corrected chi connectivity index (χ4v) is 1.85. The Kier molecular flexibility index (Phi) is 4.90. The first kappa shape index (κ1) is 12.0. The summed E-state index contributed by atoms with van der Waals surface area (Å²) < 4.78 is 0. The minimum Gasteiger partial charge on any atom is -0.313 e. The van der Waals surface area contributed by atoms with Gasteiger partial charge in [-0.2, -0.15) is 0 Å². The van der Waals surface area contributed by atoms with Crippen molar-refractivity contribution in [1.82, 2.24) is 10.2 Å². The zero-order valence-electron chi connectivity index (χ0n) is 10.2. The molecule has 1 atom stereocenters. The number of hydrogen-bond acceptors (Lipinski definition) is 2. The van der Waals surface area contributed by atoms with Crippen LogP contribution in [0.3, 0.4) is 0 Å². The molecule has 1 aliphatic rings. The maximum Gasteiger partial charge on any atom is 0.0113 e. The largest absolute Gasteiger partial charge is 0.313 e. The van der Waals surface area contributed by atoms with Crippen molar-refractivity contribution in [3.05, 3.63) is 0 Å². The molecule has 0 amide bonds. The lowest BCUT2D eigenvalue weighted by atomic mass is 10.2. The van der Waals surface area contributed by atoms with Gasteiger partial charge in [0.2, 0.25) is 0 Å². The predicted octanol–water partition coefficient (Wildman–Crippen LogP) is 2.25. The molecule has 0 heterocycles. The van der Waals surface area contributed by atoms with Crippen molar-refractivity contribution in [3.8, 4) is 0 Å². The van der Waals surface area contributed by atoms with Crippen LogP contribution in [0.15, 0.2) is 0 Å². The Hall–Kier alpha value is -0.0800. The number of rotatable bonds is 7. The van der Waals surface area contributed by atoms with Crippen LogP contribution >= 0.6 is 0 Å². The van der Waals surface area contributed by atoms with Gasteiger partial charge in [0.15, 0.2) is 0 Å². The van der Waals surface area contributed by atoms with Crippen LogP contribution in [0.25, 0.3) is 0 Å². The Morgan fingerprint density at radius 1 is 1.29 bits per heavy atom. The topological polar surface area (TPSA) is 15.3 Å². The van der Waals surface area contributed by atoms with E-state index in [4.69, 9.17) is 0 Å². The molecule has 14 heavy (non-hydrogen) atoms. The number of nitrogens with one attached hydrogen (secondary N) is 1. The first-order valence-electron chi connectivity index (χ1n) is 6.14. The molecule has 1 fully saturated rings. The highest BCUT2D eigenvalue weighted by Crippen LogP contribution is 2.27. The fourth-order valence-electron chi connectivity index (χ4n) is 1.85. The summed E-state index contributed by atoms with van der Waals surface area (Å²) in [7, 11) is 0. The average molecular weight is 198 g/mol. The van der Waals surface area contributed by atoms with Crippen LogP contribution in [0.1, 0.15) is 47.0 Å². The molecular formula is C12H26N2. The molecule has 0 spiro atoms. The number of nitrogens with zero attached hydrogens (tertiary/aromatic N) is 1. The van der Waals surface area contributed by atoms with Crippen LogP contribution < -0.4 is 5.32 Å². The van der Waals surface area contributed by atoms with Crippen LogP contribution in [-0.2, 0) is 0 Å². The smallest absolute Gasteiger partial charge is 0.0113 e. The lowest BCUT2D eigenvalue weighted by Gasteiger charge is -2.27. The first-order valence-corrected chi connectivity index (χ1v) is 6.14. The van der Waals surface area contributed by atoms with Crippen molar-refractivity contribution in [2.45, 2.75) is 65.1 Å². The van der Waals surface area contributed by atoms with Crippen LogP contribution in [0.2, 0.25) is 0 Å². The minimum absolute atomic E-state index is 0.670. The summed E-state index contributed by atoms with van der Waals surface area (Å²) in [4.78, 5) is 2.63. The molecule has 0 aromatic carbocycles. The van der Waals surface area contributed by atoms with E-state index in [1.54, 1.807) is 0 Å². The van der Waals surface area contributed by atoms with Crippen LogP contribution in [0.4, 0.5) is 0 Å². The molecule has 1 rings (SSSR count). The van der Waals surface area contributed by atoms with Gasteiger partial charge in [-0.05, 0) is 40.0 Å². The van der Waals surface area contributed by atoms with Gasteiger partial charge in [-0.1, -0.05) is 6.92 Å². The van der Waals surface area contributed by atoms with Crippen molar-refractivity contribution < 1.29 is 0 Å². The first-order chi connectivity index (χ1) is 6.65. The second-order valence-electron chi connectivity index (χ2n) is 4.83. The summed E-state index contributed by atoms with van der Waals surface area (Å²) in [5.74, 6) is 0. The maximum absolute atomic E-state index is 3.56. The minimum atomic E-state index is 0.670.